The molecular formula is C15H10ClF2N3O2S. The van der Waals surface area contributed by atoms with Crippen LogP contribution < -0.4 is 10.1 Å². The highest BCUT2D eigenvalue weighted by Crippen LogP contribution is 2.26. The fourth-order valence-electron chi connectivity index (χ4n) is 2.02. The summed E-state index contributed by atoms with van der Waals surface area (Å²) in [6.45, 7) is -2.98. The molecule has 0 atom stereocenters. The van der Waals surface area contributed by atoms with Gasteiger partial charge >= 0.3 is 6.61 Å². The predicted octanol–water partition coefficient (Wildman–Crippen LogP) is 4.30. The van der Waals surface area contributed by atoms with Crippen LogP contribution in [0.2, 0.25) is 5.15 Å². The summed E-state index contributed by atoms with van der Waals surface area (Å²) in [6.07, 6.45) is 4.52. The van der Waals surface area contributed by atoms with E-state index in [0.717, 1.165) is 0 Å². The van der Waals surface area contributed by atoms with E-state index in [1.54, 1.807) is 16.7 Å². The van der Waals surface area contributed by atoms with E-state index in [1.165, 1.54) is 41.7 Å². The molecule has 0 unspecified atom stereocenters. The van der Waals surface area contributed by atoms with Crippen LogP contribution in [0, 0.1) is 0 Å². The Balaban J connectivity index is 1.76. The molecule has 0 bridgehead atoms. The van der Waals surface area contributed by atoms with E-state index in [-0.39, 0.29) is 16.6 Å². The second-order valence-electron chi connectivity index (χ2n) is 4.54. The number of anilines is 1. The first kappa shape index (κ1) is 16.4. The number of carbonyl (C=O) groups excluding carboxylic acids is 1. The SMILES string of the molecule is O=C(/C=C/c1c(Cl)nc2sccn12)Nc1ccccc1OC(F)F. The lowest BCUT2D eigenvalue weighted by atomic mass is 10.3. The number of benzene rings is 1. The van der Waals surface area contributed by atoms with Gasteiger partial charge in [0.1, 0.15) is 5.75 Å². The first-order valence-electron chi connectivity index (χ1n) is 6.68. The maximum atomic E-state index is 12.4. The lowest BCUT2D eigenvalue weighted by Gasteiger charge is -2.10. The summed E-state index contributed by atoms with van der Waals surface area (Å²) in [5, 5.41) is 4.60. The number of para-hydroxylation sites is 2. The van der Waals surface area contributed by atoms with Crippen LogP contribution in [0.5, 0.6) is 5.75 Å². The van der Waals surface area contributed by atoms with Crippen LogP contribution >= 0.6 is 22.9 Å². The van der Waals surface area contributed by atoms with E-state index < -0.39 is 12.5 Å². The molecular weight excluding hydrogens is 360 g/mol. The van der Waals surface area contributed by atoms with Crippen molar-refractivity contribution in [3.05, 3.63) is 52.8 Å². The van der Waals surface area contributed by atoms with E-state index in [1.807, 2.05) is 5.38 Å². The number of rotatable bonds is 5. The smallest absolute Gasteiger partial charge is 0.387 e. The van der Waals surface area contributed by atoms with Gasteiger partial charge in [0.25, 0.3) is 0 Å². The first-order chi connectivity index (χ1) is 11.5. The van der Waals surface area contributed by atoms with Crippen molar-refractivity contribution in [3.63, 3.8) is 0 Å². The maximum Gasteiger partial charge on any atom is 0.387 e. The van der Waals surface area contributed by atoms with Gasteiger partial charge in [-0.1, -0.05) is 23.7 Å². The van der Waals surface area contributed by atoms with Crippen LogP contribution in [-0.2, 0) is 4.79 Å². The van der Waals surface area contributed by atoms with Crippen molar-refractivity contribution >= 4 is 45.6 Å². The molecule has 5 nitrogen and oxygen atoms in total. The van der Waals surface area contributed by atoms with Crippen molar-refractivity contribution in [2.45, 2.75) is 6.61 Å². The number of carbonyl (C=O) groups is 1. The first-order valence-corrected chi connectivity index (χ1v) is 7.94. The molecule has 0 aliphatic heterocycles. The second kappa shape index (κ2) is 6.98. The highest BCUT2D eigenvalue weighted by atomic mass is 35.5. The van der Waals surface area contributed by atoms with Gasteiger partial charge in [0.05, 0.1) is 11.4 Å². The number of thiazole rings is 1. The Hall–Kier alpha value is -2.45. The number of alkyl halides is 2. The summed E-state index contributed by atoms with van der Waals surface area (Å²) in [5.74, 6) is -0.626. The van der Waals surface area contributed by atoms with Gasteiger partial charge in [0, 0.05) is 17.7 Å². The van der Waals surface area contributed by atoms with Gasteiger partial charge in [-0.05, 0) is 18.2 Å². The summed E-state index contributed by atoms with van der Waals surface area (Å²) in [4.78, 5) is 16.9. The molecule has 0 fully saturated rings. The van der Waals surface area contributed by atoms with Gasteiger partial charge in [-0.2, -0.15) is 8.78 Å². The molecule has 0 spiro atoms. The number of nitrogens with one attached hydrogen (secondary N) is 1. The molecule has 124 valence electrons. The van der Waals surface area contributed by atoms with Crippen LogP contribution in [0.15, 0.2) is 41.9 Å². The largest absolute Gasteiger partial charge is 0.433 e. The lowest BCUT2D eigenvalue weighted by molar-refractivity contribution is -0.111. The number of ether oxygens (including phenoxy) is 1. The maximum absolute atomic E-state index is 12.4. The van der Waals surface area contributed by atoms with E-state index in [4.69, 9.17) is 11.6 Å². The summed E-state index contributed by atoms with van der Waals surface area (Å²) >= 11 is 7.44. The van der Waals surface area contributed by atoms with Gasteiger partial charge in [-0.3, -0.25) is 9.20 Å². The Morgan fingerprint density at radius 3 is 3.00 bits per heavy atom. The Labute approximate surface area is 144 Å². The molecule has 0 saturated heterocycles. The molecule has 2 aromatic heterocycles. The molecule has 1 aromatic carbocycles. The van der Waals surface area contributed by atoms with Gasteiger partial charge in [0.15, 0.2) is 10.1 Å². The number of nitrogens with zero attached hydrogens (tertiary/aromatic N) is 2. The van der Waals surface area contributed by atoms with Crippen LogP contribution in [0.1, 0.15) is 5.69 Å². The molecule has 0 radical (unpaired) electrons. The summed E-state index contributed by atoms with van der Waals surface area (Å²) in [6, 6.07) is 5.93. The Morgan fingerprint density at radius 1 is 1.42 bits per heavy atom. The van der Waals surface area contributed by atoms with Crippen molar-refractivity contribution < 1.29 is 18.3 Å². The van der Waals surface area contributed by atoms with Crippen LogP contribution in [0.4, 0.5) is 14.5 Å². The summed E-state index contributed by atoms with van der Waals surface area (Å²) < 4.78 is 30.8. The molecule has 0 aliphatic carbocycles. The third-order valence-electron chi connectivity index (χ3n) is 3.01. The molecule has 1 amide bonds. The molecule has 2 heterocycles. The zero-order chi connectivity index (χ0) is 17.1. The van der Waals surface area contributed by atoms with Crippen LogP contribution in [0.3, 0.4) is 0 Å². The van der Waals surface area contributed by atoms with E-state index in [0.29, 0.717) is 10.7 Å². The standard InChI is InChI=1S/C15H10ClF2N3O2S/c16-13-10(21-7-8-24-15(21)20-13)5-6-12(22)19-9-3-1-2-4-11(9)23-14(17)18/h1-8,14H,(H,19,22)/b6-5+. The summed E-state index contributed by atoms with van der Waals surface area (Å²) in [5.41, 5.74) is 0.702. The van der Waals surface area contributed by atoms with Crippen LogP contribution in [0.25, 0.3) is 11.0 Å². The number of aromatic nitrogens is 2. The Bertz CT molecular complexity index is 907. The zero-order valence-electron chi connectivity index (χ0n) is 11.9. The molecule has 1 N–H and O–H groups in total. The zero-order valence-corrected chi connectivity index (χ0v) is 13.5. The molecule has 3 aromatic rings. The molecule has 3 rings (SSSR count). The third kappa shape index (κ3) is 3.55. The molecule has 0 aliphatic rings. The number of hydrogen-bond acceptors (Lipinski definition) is 4. The minimum Gasteiger partial charge on any atom is -0.433 e. The van der Waals surface area contributed by atoms with Crippen molar-refractivity contribution in [1.82, 2.24) is 9.38 Å². The van der Waals surface area contributed by atoms with Crippen molar-refractivity contribution in [1.29, 1.82) is 0 Å². The van der Waals surface area contributed by atoms with Crippen molar-refractivity contribution in [3.8, 4) is 5.75 Å². The third-order valence-corrected chi connectivity index (χ3v) is 4.04. The van der Waals surface area contributed by atoms with Crippen molar-refractivity contribution in [2.75, 3.05) is 5.32 Å². The number of imidazole rings is 1. The monoisotopic (exact) mass is 369 g/mol. The van der Waals surface area contributed by atoms with Crippen LogP contribution in [-0.4, -0.2) is 21.9 Å². The van der Waals surface area contributed by atoms with E-state index >= 15 is 0 Å². The minimum absolute atomic E-state index is 0.114. The predicted molar refractivity (Wildman–Crippen MR) is 88.8 cm³/mol. The quantitative estimate of drug-likeness (QED) is 0.682. The fourth-order valence-corrected chi connectivity index (χ4v) is 3.03. The van der Waals surface area contributed by atoms with E-state index in [2.05, 4.69) is 15.0 Å². The number of halogens is 3. The molecule has 24 heavy (non-hydrogen) atoms. The van der Waals surface area contributed by atoms with Gasteiger partial charge < -0.3 is 10.1 Å². The topological polar surface area (TPSA) is 55.6 Å². The normalized spacial score (nSPS) is 11.5. The van der Waals surface area contributed by atoms with Gasteiger partial charge in [-0.15, -0.1) is 11.3 Å². The summed E-state index contributed by atoms with van der Waals surface area (Å²) in [7, 11) is 0. The Morgan fingerprint density at radius 2 is 2.21 bits per heavy atom. The number of hydrogen-bond donors (Lipinski definition) is 1. The van der Waals surface area contributed by atoms with Crippen molar-refractivity contribution in [2.24, 2.45) is 0 Å². The molecule has 9 heteroatoms. The van der Waals surface area contributed by atoms with E-state index in [9.17, 15) is 13.6 Å². The number of fused-ring (bicyclic) bond motifs is 1. The minimum atomic E-state index is -2.98. The number of amides is 1. The molecule has 0 saturated carbocycles. The highest BCUT2D eigenvalue weighted by molar-refractivity contribution is 7.15. The highest BCUT2D eigenvalue weighted by Gasteiger charge is 2.11. The van der Waals surface area contributed by atoms with Gasteiger partial charge in [0.2, 0.25) is 5.91 Å². The van der Waals surface area contributed by atoms with Gasteiger partial charge in [-0.25, -0.2) is 4.98 Å². The lowest BCUT2D eigenvalue weighted by Crippen LogP contribution is -2.11. The fraction of sp³-hybridized carbons (Fsp3) is 0.0667. The average Bonchev–Trinajstić information content (AvgIpc) is 3.07. The Kier molecular flexibility index (Phi) is 4.77. The average molecular weight is 370 g/mol. The second-order valence-corrected chi connectivity index (χ2v) is 5.77.